The highest BCUT2D eigenvalue weighted by Gasteiger charge is 2.31. The molecule has 1 aromatic rings. The molecule has 1 atom stereocenters. The molecule has 3 rings (SSSR count). The second kappa shape index (κ2) is 7.77. The van der Waals surface area contributed by atoms with Crippen molar-refractivity contribution >= 4 is 11.9 Å². The molecule has 0 aromatic heterocycles. The minimum Gasteiger partial charge on any atom is -0.481 e. The third kappa shape index (κ3) is 4.33. The molecule has 0 radical (unpaired) electrons. The second-order valence-electron chi connectivity index (χ2n) is 6.70. The fourth-order valence-electron chi connectivity index (χ4n) is 3.43. The van der Waals surface area contributed by atoms with Crippen molar-refractivity contribution in [2.45, 2.75) is 13.0 Å². The molecule has 0 saturated carbocycles. The molecule has 6 nitrogen and oxygen atoms in total. The third-order valence-corrected chi connectivity index (χ3v) is 4.96. The molecule has 2 aliphatic rings. The summed E-state index contributed by atoms with van der Waals surface area (Å²) in [5.74, 6) is -1.12. The fourth-order valence-corrected chi connectivity index (χ4v) is 3.43. The first-order valence-electron chi connectivity index (χ1n) is 8.61. The molecule has 1 N–H and O–H groups in total. The summed E-state index contributed by atoms with van der Waals surface area (Å²) in [5.41, 5.74) is 1.32. The van der Waals surface area contributed by atoms with E-state index in [0.717, 1.165) is 32.7 Å². The van der Waals surface area contributed by atoms with Crippen molar-refractivity contribution in [3.05, 3.63) is 35.9 Å². The Bertz CT molecular complexity index is 570. The van der Waals surface area contributed by atoms with Crippen molar-refractivity contribution in [3.8, 4) is 0 Å². The lowest BCUT2D eigenvalue weighted by Gasteiger charge is -2.35. The van der Waals surface area contributed by atoms with E-state index in [0.29, 0.717) is 26.1 Å². The maximum absolute atomic E-state index is 12.3. The van der Waals surface area contributed by atoms with Gasteiger partial charge in [0, 0.05) is 45.8 Å². The van der Waals surface area contributed by atoms with Crippen molar-refractivity contribution in [3.63, 3.8) is 0 Å². The number of nitrogens with zero attached hydrogens (tertiary/aromatic N) is 3. The van der Waals surface area contributed by atoms with Gasteiger partial charge in [-0.05, 0) is 12.0 Å². The van der Waals surface area contributed by atoms with Crippen LogP contribution in [0.4, 0.5) is 0 Å². The topological polar surface area (TPSA) is 64.1 Å². The van der Waals surface area contributed by atoms with Gasteiger partial charge in [0.15, 0.2) is 0 Å². The van der Waals surface area contributed by atoms with Crippen molar-refractivity contribution in [1.82, 2.24) is 14.7 Å². The van der Waals surface area contributed by atoms with Gasteiger partial charge in [-0.3, -0.25) is 19.4 Å². The van der Waals surface area contributed by atoms with Crippen LogP contribution in [0.15, 0.2) is 30.3 Å². The van der Waals surface area contributed by atoms with Crippen molar-refractivity contribution in [1.29, 1.82) is 0 Å². The van der Waals surface area contributed by atoms with Crippen LogP contribution in [0.2, 0.25) is 0 Å². The van der Waals surface area contributed by atoms with Crippen LogP contribution in [0, 0.1) is 5.92 Å². The van der Waals surface area contributed by atoms with Gasteiger partial charge >= 0.3 is 5.97 Å². The summed E-state index contributed by atoms with van der Waals surface area (Å²) in [7, 11) is 0. The predicted molar refractivity (Wildman–Crippen MR) is 90.5 cm³/mol. The molecule has 24 heavy (non-hydrogen) atoms. The normalized spacial score (nSPS) is 22.7. The Hall–Kier alpha value is -1.92. The van der Waals surface area contributed by atoms with Gasteiger partial charge in [0.2, 0.25) is 5.91 Å². The molecule has 2 fully saturated rings. The van der Waals surface area contributed by atoms with Gasteiger partial charge in [-0.15, -0.1) is 0 Å². The molecule has 2 saturated heterocycles. The number of rotatable bonds is 5. The number of carbonyl (C=O) groups is 2. The van der Waals surface area contributed by atoms with Gasteiger partial charge in [0.25, 0.3) is 0 Å². The van der Waals surface area contributed by atoms with Crippen LogP contribution < -0.4 is 0 Å². The van der Waals surface area contributed by atoms with Gasteiger partial charge in [-0.1, -0.05) is 30.3 Å². The number of carboxylic acids is 1. The average Bonchev–Trinajstić information content (AvgIpc) is 3.08. The molecular weight excluding hydrogens is 306 g/mol. The van der Waals surface area contributed by atoms with E-state index in [1.807, 2.05) is 6.07 Å². The summed E-state index contributed by atoms with van der Waals surface area (Å²) in [6.45, 7) is 5.98. The molecule has 0 spiro atoms. The fraction of sp³-hybridized carbons (Fsp3) is 0.556. The van der Waals surface area contributed by atoms with Gasteiger partial charge in [0.05, 0.1) is 12.5 Å². The molecule has 2 heterocycles. The molecular formula is C18H25N3O3. The lowest BCUT2D eigenvalue weighted by atomic mass is 10.1. The monoisotopic (exact) mass is 331 g/mol. The highest BCUT2D eigenvalue weighted by Crippen LogP contribution is 2.17. The highest BCUT2D eigenvalue weighted by molar-refractivity contribution is 5.80. The Morgan fingerprint density at radius 1 is 1.00 bits per heavy atom. The summed E-state index contributed by atoms with van der Waals surface area (Å²) in [6.07, 6.45) is 0.575. The average molecular weight is 331 g/mol. The molecule has 2 aliphatic heterocycles. The van der Waals surface area contributed by atoms with Crippen LogP contribution in [0.3, 0.4) is 0 Å². The number of carboxylic acid groups (broad SMARTS) is 1. The van der Waals surface area contributed by atoms with E-state index < -0.39 is 11.9 Å². The van der Waals surface area contributed by atoms with Crippen LogP contribution in [0.5, 0.6) is 0 Å². The first kappa shape index (κ1) is 16.9. The largest absolute Gasteiger partial charge is 0.481 e. The van der Waals surface area contributed by atoms with Crippen LogP contribution >= 0.6 is 0 Å². The van der Waals surface area contributed by atoms with E-state index in [9.17, 15) is 9.59 Å². The van der Waals surface area contributed by atoms with Crippen LogP contribution in [-0.2, 0) is 16.1 Å². The number of amides is 1. The van der Waals surface area contributed by atoms with Gasteiger partial charge in [-0.2, -0.15) is 0 Å². The maximum Gasteiger partial charge on any atom is 0.308 e. The molecule has 1 amide bonds. The zero-order valence-electron chi connectivity index (χ0n) is 13.9. The Morgan fingerprint density at radius 3 is 2.29 bits per heavy atom. The number of benzene rings is 1. The SMILES string of the molecule is O=C(O)[C@@H]1CCN(C(=O)CN2CCN(Cc3ccccc3)CC2)C1. The summed E-state index contributed by atoms with van der Waals surface area (Å²) in [4.78, 5) is 29.6. The minimum atomic E-state index is -0.792. The molecule has 0 bridgehead atoms. The molecule has 0 aliphatic carbocycles. The zero-order chi connectivity index (χ0) is 16.9. The summed E-state index contributed by atoms with van der Waals surface area (Å²) in [5, 5.41) is 9.03. The lowest BCUT2D eigenvalue weighted by Crippen LogP contribution is -2.49. The third-order valence-electron chi connectivity index (χ3n) is 4.96. The number of carbonyl (C=O) groups excluding carboxylic acids is 1. The van der Waals surface area contributed by atoms with E-state index in [2.05, 4.69) is 34.1 Å². The molecule has 1 aromatic carbocycles. The van der Waals surface area contributed by atoms with Crippen LogP contribution in [0.25, 0.3) is 0 Å². The smallest absolute Gasteiger partial charge is 0.308 e. The van der Waals surface area contributed by atoms with Crippen LogP contribution in [-0.4, -0.2) is 77.5 Å². The van der Waals surface area contributed by atoms with E-state index in [1.54, 1.807) is 4.90 Å². The molecule has 130 valence electrons. The van der Waals surface area contributed by atoms with Gasteiger partial charge in [0.1, 0.15) is 0 Å². The molecule has 0 unspecified atom stereocenters. The lowest BCUT2D eigenvalue weighted by molar-refractivity contribution is -0.141. The maximum atomic E-state index is 12.3. The zero-order valence-corrected chi connectivity index (χ0v) is 13.9. The Kier molecular flexibility index (Phi) is 5.48. The standard InChI is InChI=1S/C18H25N3O3/c22-17(21-7-6-16(13-21)18(23)24)14-20-10-8-19(9-11-20)12-15-4-2-1-3-5-15/h1-5,16H,6-14H2,(H,23,24)/t16-/m1/s1. The second-order valence-corrected chi connectivity index (χ2v) is 6.70. The predicted octanol–water partition coefficient (Wildman–Crippen LogP) is 0.737. The van der Waals surface area contributed by atoms with E-state index in [4.69, 9.17) is 5.11 Å². The first-order valence-corrected chi connectivity index (χ1v) is 8.61. The van der Waals surface area contributed by atoms with Crippen LogP contribution in [0.1, 0.15) is 12.0 Å². The van der Waals surface area contributed by atoms with E-state index >= 15 is 0 Å². The summed E-state index contributed by atoms with van der Waals surface area (Å²) < 4.78 is 0. The van der Waals surface area contributed by atoms with Crippen molar-refractivity contribution in [2.24, 2.45) is 5.92 Å². The van der Waals surface area contributed by atoms with Gasteiger partial charge in [-0.25, -0.2) is 0 Å². The highest BCUT2D eigenvalue weighted by atomic mass is 16.4. The van der Waals surface area contributed by atoms with E-state index in [-0.39, 0.29) is 5.91 Å². The number of piperazine rings is 1. The first-order chi connectivity index (χ1) is 11.6. The number of aliphatic carboxylic acids is 1. The van der Waals surface area contributed by atoms with Crippen molar-refractivity contribution in [2.75, 3.05) is 45.8 Å². The summed E-state index contributed by atoms with van der Waals surface area (Å²) >= 11 is 0. The summed E-state index contributed by atoms with van der Waals surface area (Å²) in [6, 6.07) is 10.4. The minimum absolute atomic E-state index is 0.0651. The van der Waals surface area contributed by atoms with E-state index in [1.165, 1.54) is 5.56 Å². The van der Waals surface area contributed by atoms with Crippen molar-refractivity contribution < 1.29 is 14.7 Å². The van der Waals surface area contributed by atoms with Gasteiger partial charge < -0.3 is 10.0 Å². The Balaban J connectivity index is 1.41. The molecule has 6 heteroatoms. The number of hydrogen-bond donors (Lipinski definition) is 1. The Morgan fingerprint density at radius 2 is 1.67 bits per heavy atom. The number of likely N-dealkylation sites (tertiary alicyclic amines) is 1. The number of hydrogen-bond acceptors (Lipinski definition) is 4. The Labute approximate surface area is 142 Å². The quantitative estimate of drug-likeness (QED) is 0.862.